The minimum atomic E-state index is -0.138. The predicted octanol–water partition coefficient (Wildman–Crippen LogP) is 2.02. The van der Waals surface area contributed by atoms with Crippen molar-refractivity contribution in [1.29, 1.82) is 0 Å². The van der Waals surface area contributed by atoms with Crippen LogP contribution in [0.4, 0.5) is 11.5 Å². The van der Waals surface area contributed by atoms with E-state index in [0.29, 0.717) is 11.4 Å². The lowest BCUT2D eigenvalue weighted by atomic mass is 10.2. The molecule has 1 aromatic heterocycles. The molecule has 0 aliphatic heterocycles. The SMILES string of the molecule is CNc1ccc(C(=O)Nc2cc(C)nn2C)cc1. The molecule has 2 rings (SSSR count). The maximum absolute atomic E-state index is 12.0. The minimum Gasteiger partial charge on any atom is -0.388 e. The summed E-state index contributed by atoms with van der Waals surface area (Å²) in [5.41, 5.74) is 2.47. The summed E-state index contributed by atoms with van der Waals surface area (Å²) in [6.45, 7) is 1.89. The lowest BCUT2D eigenvalue weighted by Crippen LogP contribution is -2.14. The summed E-state index contributed by atoms with van der Waals surface area (Å²) in [5.74, 6) is 0.552. The molecule has 0 saturated carbocycles. The molecule has 0 spiro atoms. The molecule has 0 radical (unpaired) electrons. The van der Waals surface area contributed by atoms with Gasteiger partial charge in [-0.1, -0.05) is 0 Å². The Morgan fingerprint density at radius 1 is 1.28 bits per heavy atom. The molecule has 0 atom stereocenters. The molecule has 18 heavy (non-hydrogen) atoms. The van der Waals surface area contributed by atoms with Crippen LogP contribution in [0.15, 0.2) is 30.3 Å². The highest BCUT2D eigenvalue weighted by atomic mass is 16.1. The maximum Gasteiger partial charge on any atom is 0.256 e. The number of aryl methyl sites for hydroxylation is 2. The van der Waals surface area contributed by atoms with Crippen molar-refractivity contribution in [2.24, 2.45) is 7.05 Å². The van der Waals surface area contributed by atoms with E-state index >= 15 is 0 Å². The average Bonchev–Trinajstić information content (AvgIpc) is 2.68. The van der Waals surface area contributed by atoms with E-state index in [1.165, 1.54) is 0 Å². The lowest BCUT2D eigenvalue weighted by Gasteiger charge is -2.06. The highest BCUT2D eigenvalue weighted by Crippen LogP contribution is 2.12. The lowest BCUT2D eigenvalue weighted by molar-refractivity contribution is 0.102. The number of aromatic nitrogens is 2. The topological polar surface area (TPSA) is 59.0 Å². The minimum absolute atomic E-state index is 0.138. The zero-order chi connectivity index (χ0) is 13.1. The van der Waals surface area contributed by atoms with Crippen molar-refractivity contribution in [2.75, 3.05) is 17.7 Å². The summed E-state index contributed by atoms with van der Waals surface area (Å²) in [5, 5.41) is 10.0. The van der Waals surface area contributed by atoms with Gasteiger partial charge >= 0.3 is 0 Å². The maximum atomic E-state index is 12.0. The molecule has 0 bridgehead atoms. The van der Waals surface area contributed by atoms with Gasteiger partial charge in [0.1, 0.15) is 5.82 Å². The third-order valence-electron chi connectivity index (χ3n) is 2.68. The van der Waals surface area contributed by atoms with Crippen LogP contribution in [0.25, 0.3) is 0 Å². The first-order valence-electron chi connectivity index (χ1n) is 5.70. The van der Waals surface area contributed by atoms with Crippen molar-refractivity contribution in [3.05, 3.63) is 41.6 Å². The van der Waals surface area contributed by atoms with E-state index in [1.54, 1.807) is 23.9 Å². The third kappa shape index (κ3) is 2.51. The van der Waals surface area contributed by atoms with Gasteiger partial charge in [-0.15, -0.1) is 0 Å². The van der Waals surface area contributed by atoms with Crippen molar-refractivity contribution in [2.45, 2.75) is 6.92 Å². The van der Waals surface area contributed by atoms with E-state index in [9.17, 15) is 4.79 Å². The molecule has 0 aliphatic rings. The summed E-state index contributed by atoms with van der Waals surface area (Å²) < 4.78 is 1.65. The van der Waals surface area contributed by atoms with Crippen molar-refractivity contribution >= 4 is 17.4 Å². The number of hydrogen-bond acceptors (Lipinski definition) is 3. The molecule has 5 heteroatoms. The molecule has 0 fully saturated rings. The van der Waals surface area contributed by atoms with Crippen LogP contribution in [0.1, 0.15) is 16.1 Å². The summed E-state index contributed by atoms with van der Waals surface area (Å²) >= 11 is 0. The van der Waals surface area contributed by atoms with Gasteiger partial charge in [-0.3, -0.25) is 9.48 Å². The fourth-order valence-corrected chi connectivity index (χ4v) is 1.70. The van der Waals surface area contributed by atoms with Gasteiger partial charge in [0.05, 0.1) is 5.69 Å². The molecule has 0 unspecified atom stereocenters. The fourth-order valence-electron chi connectivity index (χ4n) is 1.70. The highest BCUT2D eigenvalue weighted by molar-refractivity contribution is 6.04. The first-order chi connectivity index (χ1) is 8.60. The second-order valence-electron chi connectivity index (χ2n) is 4.08. The smallest absolute Gasteiger partial charge is 0.256 e. The van der Waals surface area contributed by atoms with E-state index < -0.39 is 0 Å². The Morgan fingerprint density at radius 3 is 2.44 bits per heavy atom. The average molecular weight is 244 g/mol. The van der Waals surface area contributed by atoms with Gasteiger partial charge in [-0.05, 0) is 31.2 Å². The largest absolute Gasteiger partial charge is 0.388 e. The second-order valence-corrected chi connectivity index (χ2v) is 4.08. The van der Waals surface area contributed by atoms with Crippen LogP contribution in [-0.2, 0) is 7.05 Å². The standard InChI is InChI=1S/C13H16N4O/c1-9-8-12(17(3)16-9)15-13(18)10-4-6-11(14-2)7-5-10/h4-8,14H,1-3H3,(H,15,18). The van der Waals surface area contributed by atoms with E-state index in [0.717, 1.165) is 11.4 Å². The number of amides is 1. The van der Waals surface area contributed by atoms with Gasteiger partial charge in [0.2, 0.25) is 0 Å². The highest BCUT2D eigenvalue weighted by Gasteiger charge is 2.09. The number of carbonyl (C=O) groups is 1. The van der Waals surface area contributed by atoms with Gasteiger partial charge in [-0.2, -0.15) is 5.10 Å². The van der Waals surface area contributed by atoms with Crippen LogP contribution in [0.3, 0.4) is 0 Å². The number of nitrogens with one attached hydrogen (secondary N) is 2. The summed E-state index contributed by atoms with van der Waals surface area (Å²) in [7, 11) is 3.64. The molecule has 0 aliphatic carbocycles. The number of carbonyl (C=O) groups excluding carboxylic acids is 1. The first-order valence-corrected chi connectivity index (χ1v) is 5.70. The Balaban J connectivity index is 2.14. The molecule has 5 nitrogen and oxygen atoms in total. The van der Waals surface area contributed by atoms with Gasteiger partial charge in [0.25, 0.3) is 5.91 Å². The number of rotatable bonds is 3. The van der Waals surface area contributed by atoms with Gasteiger partial charge < -0.3 is 10.6 Å². The van der Waals surface area contributed by atoms with Crippen LogP contribution >= 0.6 is 0 Å². The van der Waals surface area contributed by atoms with Crippen LogP contribution < -0.4 is 10.6 Å². The number of benzene rings is 1. The first kappa shape index (κ1) is 12.2. The Kier molecular flexibility index (Phi) is 3.32. The van der Waals surface area contributed by atoms with E-state index in [1.807, 2.05) is 32.2 Å². The van der Waals surface area contributed by atoms with Crippen LogP contribution in [-0.4, -0.2) is 22.7 Å². The van der Waals surface area contributed by atoms with Crippen molar-refractivity contribution < 1.29 is 4.79 Å². The number of nitrogens with zero attached hydrogens (tertiary/aromatic N) is 2. The molecule has 2 N–H and O–H groups in total. The summed E-state index contributed by atoms with van der Waals surface area (Å²) in [6.07, 6.45) is 0. The zero-order valence-electron chi connectivity index (χ0n) is 10.7. The Bertz CT molecular complexity index is 557. The Morgan fingerprint density at radius 2 is 1.94 bits per heavy atom. The molecular weight excluding hydrogens is 228 g/mol. The third-order valence-corrected chi connectivity index (χ3v) is 2.68. The molecule has 94 valence electrons. The van der Waals surface area contributed by atoms with Crippen LogP contribution in [0.5, 0.6) is 0 Å². The molecule has 2 aromatic rings. The van der Waals surface area contributed by atoms with Crippen LogP contribution in [0.2, 0.25) is 0 Å². The van der Waals surface area contributed by atoms with Crippen LogP contribution in [0, 0.1) is 6.92 Å². The van der Waals surface area contributed by atoms with Gasteiger partial charge in [-0.25, -0.2) is 0 Å². The molecule has 1 heterocycles. The van der Waals surface area contributed by atoms with Gasteiger partial charge in [0.15, 0.2) is 0 Å². The van der Waals surface area contributed by atoms with Crippen molar-refractivity contribution in [3.8, 4) is 0 Å². The second kappa shape index (κ2) is 4.91. The molecule has 1 aromatic carbocycles. The Labute approximate surface area is 106 Å². The summed E-state index contributed by atoms with van der Waals surface area (Å²) in [4.78, 5) is 12.0. The quantitative estimate of drug-likeness (QED) is 0.868. The zero-order valence-corrected chi connectivity index (χ0v) is 10.7. The monoisotopic (exact) mass is 244 g/mol. The van der Waals surface area contributed by atoms with E-state index in [2.05, 4.69) is 15.7 Å². The fraction of sp³-hybridized carbons (Fsp3) is 0.231. The number of hydrogen-bond donors (Lipinski definition) is 2. The van der Waals surface area contributed by atoms with E-state index in [4.69, 9.17) is 0 Å². The van der Waals surface area contributed by atoms with E-state index in [-0.39, 0.29) is 5.91 Å². The summed E-state index contributed by atoms with van der Waals surface area (Å²) in [6, 6.07) is 9.13. The van der Waals surface area contributed by atoms with Crippen molar-refractivity contribution in [1.82, 2.24) is 9.78 Å². The molecule has 0 saturated heterocycles. The Hall–Kier alpha value is -2.30. The molecule has 1 amide bonds. The normalized spacial score (nSPS) is 10.2. The van der Waals surface area contributed by atoms with Gasteiger partial charge in [0, 0.05) is 31.4 Å². The number of anilines is 2. The molecular formula is C13H16N4O. The predicted molar refractivity (Wildman–Crippen MR) is 71.9 cm³/mol. The van der Waals surface area contributed by atoms with Crippen molar-refractivity contribution in [3.63, 3.8) is 0 Å².